The third kappa shape index (κ3) is 6.97. The zero-order chi connectivity index (χ0) is 37.7. The number of nitrogens with zero attached hydrogens (tertiary/aromatic N) is 1. The molecule has 6 rings (SSSR count). The fraction of sp³-hybridized carbons (Fsp3) is 0.400. The summed E-state index contributed by atoms with van der Waals surface area (Å²) >= 11 is 0. The van der Waals surface area contributed by atoms with E-state index in [9.17, 15) is 13.0 Å². The minimum absolute atomic E-state index is 0.0305. The van der Waals surface area contributed by atoms with E-state index in [2.05, 4.69) is 129 Å². The lowest BCUT2D eigenvalue weighted by Gasteiger charge is -2.44. The van der Waals surface area contributed by atoms with Crippen LogP contribution in [0.5, 0.6) is 0 Å². The molecule has 0 aromatic heterocycles. The van der Waals surface area contributed by atoms with Gasteiger partial charge in [0, 0.05) is 46.3 Å². The van der Waals surface area contributed by atoms with Crippen LogP contribution in [-0.4, -0.2) is 18.7 Å². The Balaban J connectivity index is 1.55. The average Bonchev–Trinajstić information content (AvgIpc) is 3.07. The van der Waals surface area contributed by atoms with E-state index in [0.29, 0.717) is 47.8 Å². The Bertz CT molecular complexity index is 2110. The molecule has 52 heavy (non-hydrogen) atoms. The van der Waals surface area contributed by atoms with Gasteiger partial charge in [-0.15, -0.1) is 0 Å². The molecule has 0 fully saturated rings. The molecule has 0 saturated heterocycles. The number of fused-ring (bicyclic) bond motifs is 2. The van der Waals surface area contributed by atoms with Crippen molar-refractivity contribution < 1.29 is 17.7 Å². The number of nitrogens with one attached hydrogen (secondary N) is 1. The van der Waals surface area contributed by atoms with E-state index in [1.54, 1.807) is 6.07 Å². The Morgan fingerprint density at radius 1 is 0.808 bits per heavy atom. The smallest absolute Gasteiger partial charge is 0.295 e. The van der Waals surface area contributed by atoms with Crippen LogP contribution >= 0.6 is 0 Å². The topological polar surface area (TPSA) is 88.0 Å². The van der Waals surface area contributed by atoms with Crippen LogP contribution in [0.1, 0.15) is 134 Å². The third-order valence-electron chi connectivity index (χ3n) is 10.9. The van der Waals surface area contributed by atoms with Crippen molar-refractivity contribution >= 4 is 32.8 Å². The number of anilines is 1. The zero-order valence-electron chi connectivity index (χ0n) is 32.3. The van der Waals surface area contributed by atoms with Gasteiger partial charge in [-0.2, -0.15) is 8.42 Å². The molecule has 2 atom stereocenters. The van der Waals surface area contributed by atoms with Gasteiger partial charge in [-0.1, -0.05) is 123 Å². The van der Waals surface area contributed by atoms with Crippen molar-refractivity contribution in [2.45, 2.75) is 111 Å². The molecule has 3 aromatic carbocycles. The second-order valence-electron chi connectivity index (χ2n) is 16.1. The van der Waals surface area contributed by atoms with Gasteiger partial charge >= 0.3 is 0 Å². The maximum absolute atomic E-state index is 12.9. The maximum atomic E-state index is 12.9. The molecule has 0 radical (unpaired) electrons. The standard InChI is InChI=1S/C45H54N2O4S/c1-26(2)32-16-13-17-33(27(3)4)43(32)46-31-21-22-45(10)41(24-31)51-39-25-38(47-44-34(28(5)6)18-14-19-35(44)29(7)8)30(9)23-37(39)42(45)36-15-11-12-20-40(36)52(48,49)50/h11-21,24-30,46H,22-23H2,1-10H3,(H,48,49,50)/b47-38+. The van der Waals surface area contributed by atoms with Crippen LogP contribution in [-0.2, 0) is 14.9 Å². The fourth-order valence-corrected chi connectivity index (χ4v) is 8.68. The molecule has 2 unspecified atom stereocenters. The van der Waals surface area contributed by atoms with Gasteiger partial charge in [0.25, 0.3) is 10.1 Å². The molecule has 0 amide bonds. The minimum Gasteiger partial charge on any atom is -0.460 e. The first kappa shape index (κ1) is 37.6. The number of benzene rings is 3. The molecule has 3 aliphatic rings. The summed E-state index contributed by atoms with van der Waals surface area (Å²) < 4.78 is 43.2. The van der Waals surface area contributed by atoms with E-state index in [0.717, 1.165) is 39.7 Å². The fourth-order valence-electron chi connectivity index (χ4n) is 7.98. The molecule has 2 N–H and O–H groups in total. The van der Waals surface area contributed by atoms with Gasteiger partial charge < -0.3 is 10.1 Å². The number of rotatable bonds is 9. The van der Waals surface area contributed by atoms with Crippen LogP contribution < -0.4 is 5.32 Å². The molecule has 6 nitrogen and oxygen atoms in total. The van der Waals surface area contributed by atoms with Crippen LogP contribution in [0.15, 0.2) is 112 Å². The summed E-state index contributed by atoms with van der Waals surface area (Å²) in [5.41, 5.74) is 10.5. The van der Waals surface area contributed by atoms with E-state index in [4.69, 9.17) is 9.73 Å². The highest BCUT2D eigenvalue weighted by Gasteiger charge is 2.46. The molecular weight excluding hydrogens is 665 g/mol. The minimum atomic E-state index is -4.52. The van der Waals surface area contributed by atoms with Crippen LogP contribution in [0, 0.1) is 11.3 Å². The van der Waals surface area contributed by atoms with Crippen LogP contribution in [0.2, 0.25) is 0 Å². The van der Waals surface area contributed by atoms with Crippen molar-refractivity contribution in [1.29, 1.82) is 0 Å². The summed E-state index contributed by atoms with van der Waals surface area (Å²) in [5.74, 6) is 2.68. The van der Waals surface area contributed by atoms with Gasteiger partial charge in [-0.05, 0) is 77.3 Å². The van der Waals surface area contributed by atoms with Crippen molar-refractivity contribution in [3.05, 3.63) is 129 Å². The van der Waals surface area contributed by atoms with Crippen molar-refractivity contribution in [3.63, 3.8) is 0 Å². The molecule has 0 bridgehead atoms. The summed E-state index contributed by atoms with van der Waals surface area (Å²) in [6, 6.07) is 19.8. The second-order valence-corrected chi connectivity index (χ2v) is 17.5. The van der Waals surface area contributed by atoms with Gasteiger partial charge in [0.15, 0.2) is 0 Å². The monoisotopic (exact) mass is 718 g/mol. The van der Waals surface area contributed by atoms with E-state index >= 15 is 0 Å². The summed E-state index contributed by atoms with van der Waals surface area (Å²) in [6.07, 6.45) is 7.49. The van der Waals surface area contributed by atoms with Crippen molar-refractivity contribution in [2.75, 3.05) is 5.32 Å². The Hall–Kier alpha value is -4.20. The Labute approximate surface area is 311 Å². The lowest BCUT2D eigenvalue weighted by atomic mass is 9.66. The summed E-state index contributed by atoms with van der Waals surface area (Å²) in [6.45, 7) is 22.0. The molecule has 2 aliphatic carbocycles. The molecule has 3 aromatic rings. The molecular formula is C45H54N2O4S. The van der Waals surface area contributed by atoms with Crippen LogP contribution in [0.3, 0.4) is 0 Å². The van der Waals surface area contributed by atoms with Gasteiger partial charge in [0.05, 0.1) is 11.1 Å². The number of hydrogen-bond acceptors (Lipinski definition) is 5. The Kier molecular flexibility index (Phi) is 10.3. The zero-order valence-corrected chi connectivity index (χ0v) is 33.2. The lowest BCUT2D eigenvalue weighted by Crippen LogP contribution is -2.34. The van der Waals surface area contributed by atoms with E-state index in [1.165, 1.54) is 28.3 Å². The maximum Gasteiger partial charge on any atom is 0.295 e. The molecule has 274 valence electrons. The van der Waals surface area contributed by atoms with Gasteiger partial charge in [0.2, 0.25) is 0 Å². The normalized spacial score (nSPS) is 21.2. The second kappa shape index (κ2) is 14.3. The highest BCUT2D eigenvalue weighted by Crippen LogP contribution is 2.57. The Morgan fingerprint density at radius 3 is 1.92 bits per heavy atom. The first-order valence-corrected chi connectivity index (χ1v) is 20.2. The highest BCUT2D eigenvalue weighted by molar-refractivity contribution is 7.86. The predicted octanol–water partition coefficient (Wildman–Crippen LogP) is 12.2. The highest BCUT2D eigenvalue weighted by atomic mass is 32.2. The van der Waals surface area contributed by atoms with Crippen LogP contribution in [0.4, 0.5) is 11.4 Å². The SMILES string of the molecule is CC1CC2=C(c3ccccc3S(=O)(=O)O)C3(C)CC=C(Nc4c(C(C)C)cccc4C(C)C)C=C3OC2=C/C1=N\c1c(C(C)C)cccc1C(C)C. The number of aliphatic imine (C=N–C) groups is 1. The number of para-hydroxylation sites is 2. The van der Waals surface area contributed by atoms with E-state index < -0.39 is 15.5 Å². The van der Waals surface area contributed by atoms with Crippen LogP contribution in [0.25, 0.3) is 5.57 Å². The Morgan fingerprint density at radius 2 is 1.37 bits per heavy atom. The summed E-state index contributed by atoms with van der Waals surface area (Å²) in [5, 5.41) is 3.78. The predicted molar refractivity (Wildman–Crippen MR) is 215 cm³/mol. The third-order valence-corrected chi connectivity index (χ3v) is 11.8. The van der Waals surface area contributed by atoms with Crippen molar-refractivity contribution in [2.24, 2.45) is 16.3 Å². The van der Waals surface area contributed by atoms with Crippen molar-refractivity contribution in [1.82, 2.24) is 0 Å². The average molecular weight is 719 g/mol. The number of hydrogen-bond donors (Lipinski definition) is 2. The number of allylic oxidation sites excluding steroid dienone is 5. The first-order valence-electron chi connectivity index (χ1n) is 18.7. The van der Waals surface area contributed by atoms with E-state index in [-0.39, 0.29) is 10.8 Å². The van der Waals surface area contributed by atoms with Gasteiger partial charge in [0.1, 0.15) is 16.4 Å². The molecule has 0 spiro atoms. The summed E-state index contributed by atoms with van der Waals surface area (Å²) in [7, 11) is -4.52. The molecule has 7 heteroatoms. The molecule has 1 aliphatic heterocycles. The molecule has 0 saturated carbocycles. The molecule has 1 heterocycles. The van der Waals surface area contributed by atoms with Gasteiger partial charge in [-0.3, -0.25) is 9.55 Å². The first-order chi connectivity index (χ1) is 24.5. The number of ether oxygens (including phenoxy) is 1. The quantitative estimate of drug-likeness (QED) is 0.215. The van der Waals surface area contributed by atoms with Crippen molar-refractivity contribution in [3.8, 4) is 0 Å². The van der Waals surface area contributed by atoms with E-state index in [1.807, 2.05) is 12.1 Å². The largest absolute Gasteiger partial charge is 0.460 e. The van der Waals surface area contributed by atoms with Gasteiger partial charge in [-0.25, -0.2) is 0 Å². The lowest BCUT2D eigenvalue weighted by molar-refractivity contribution is 0.215. The summed E-state index contributed by atoms with van der Waals surface area (Å²) in [4.78, 5) is 5.29.